The molecule has 0 spiro atoms. The molecule has 0 saturated carbocycles. The molecule has 0 radical (unpaired) electrons. The van der Waals surface area contributed by atoms with E-state index in [4.69, 9.17) is 5.10 Å². The second-order valence-electron chi connectivity index (χ2n) is 13.7. The van der Waals surface area contributed by atoms with Crippen molar-refractivity contribution in [3.63, 3.8) is 0 Å². The van der Waals surface area contributed by atoms with Crippen molar-refractivity contribution in [3.05, 3.63) is 118 Å². The fraction of sp³-hybridized carbons (Fsp3) is 0.405. The predicted molar refractivity (Wildman–Crippen MR) is 198 cm³/mol. The van der Waals surface area contributed by atoms with E-state index in [2.05, 4.69) is 13.8 Å². The number of ketones is 2. The van der Waals surface area contributed by atoms with Crippen LogP contribution < -0.4 is 0 Å². The molecule has 51 heavy (non-hydrogen) atoms. The van der Waals surface area contributed by atoms with Gasteiger partial charge in [-0.15, -0.1) is 0 Å². The van der Waals surface area contributed by atoms with Crippen molar-refractivity contribution in [1.82, 2.24) is 19.6 Å². The van der Waals surface area contributed by atoms with Gasteiger partial charge in [-0.1, -0.05) is 87.4 Å². The largest absolute Gasteiger partial charge is 0.394 e. The highest BCUT2D eigenvalue weighted by atomic mass is 16.3. The van der Waals surface area contributed by atoms with E-state index in [1.54, 1.807) is 27.8 Å². The third-order valence-electron chi connectivity index (χ3n) is 9.76. The predicted octanol–water partition coefficient (Wildman–Crippen LogP) is 6.66. The summed E-state index contributed by atoms with van der Waals surface area (Å²) in [5, 5.41) is 15.2. The Morgan fingerprint density at radius 2 is 1.57 bits per heavy atom. The van der Waals surface area contributed by atoms with Gasteiger partial charge >= 0.3 is 0 Å². The molecule has 0 bridgehead atoms. The van der Waals surface area contributed by atoms with Crippen molar-refractivity contribution in [2.75, 3.05) is 19.7 Å². The van der Waals surface area contributed by atoms with Gasteiger partial charge in [0.15, 0.2) is 5.69 Å². The normalized spacial score (nSPS) is 14.5. The van der Waals surface area contributed by atoms with E-state index in [-0.39, 0.29) is 42.8 Å². The number of fused-ring (bicyclic) bond motifs is 1. The molecule has 3 aromatic carbocycles. The van der Waals surface area contributed by atoms with Crippen molar-refractivity contribution in [2.24, 2.45) is 0 Å². The number of aliphatic hydroxyl groups is 1. The number of hydrogen-bond donors (Lipinski definition) is 1. The SMILES string of the molecule is CCCCN(CCCC)C(=O)c1cc(C)n(-c2ccc(CC(=O)C(CC(C)=O)c3ccccc3)cc2C(=O)N2Cc3ccccc3C[C@H]2CO)n1. The maximum Gasteiger partial charge on any atom is 0.274 e. The summed E-state index contributed by atoms with van der Waals surface area (Å²) in [4.78, 5) is 58.0. The lowest BCUT2D eigenvalue weighted by molar-refractivity contribution is -0.124. The van der Waals surface area contributed by atoms with Crippen LogP contribution >= 0.6 is 0 Å². The molecule has 1 aliphatic heterocycles. The third-order valence-corrected chi connectivity index (χ3v) is 9.76. The highest BCUT2D eigenvalue weighted by Gasteiger charge is 2.32. The molecule has 2 heterocycles. The number of aliphatic hydroxyl groups excluding tert-OH is 1. The van der Waals surface area contributed by atoms with E-state index in [1.807, 2.05) is 72.5 Å². The molecule has 0 saturated heterocycles. The topological polar surface area (TPSA) is 113 Å². The van der Waals surface area contributed by atoms with Crippen LogP contribution in [-0.4, -0.2) is 73.8 Å². The molecule has 2 atom stereocenters. The van der Waals surface area contributed by atoms with Gasteiger partial charge in [0.05, 0.1) is 23.9 Å². The molecule has 1 N–H and O–H groups in total. The molecule has 1 aliphatic rings. The van der Waals surface area contributed by atoms with E-state index >= 15 is 0 Å². The Balaban J connectivity index is 1.55. The molecular weight excluding hydrogens is 640 g/mol. The highest BCUT2D eigenvalue weighted by Crippen LogP contribution is 2.29. The molecular formula is C42H50N4O5. The van der Waals surface area contributed by atoms with Crippen LogP contribution in [0.1, 0.15) is 108 Å². The maximum atomic E-state index is 14.7. The van der Waals surface area contributed by atoms with Crippen molar-refractivity contribution in [3.8, 4) is 5.69 Å². The lowest BCUT2D eigenvalue weighted by Crippen LogP contribution is -2.46. The maximum absolute atomic E-state index is 14.7. The fourth-order valence-corrected chi connectivity index (χ4v) is 6.90. The Hall–Kier alpha value is -4.89. The number of unbranched alkanes of at least 4 members (excludes halogenated alkanes) is 2. The molecule has 1 unspecified atom stereocenters. The van der Waals surface area contributed by atoms with E-state index in [1.165, 1.54) is 6.92 Å². The highest BCUT2D eigenvalue weighted by molar-refractivity contribution is 5.99. The van der Waals surface area contributed by atoms with Crippen LogP contribution in [0.5, 0.6) is 0 Å². The lowest BCUT2D eigenvalue weighted by Gasteiger charge is -2.36. The van der Waals surface area contributed by atoms with Crippen molar-refractivity contribution >= 4 is 23.4 Å². The van der Waals surface area contributed by atoms with Crippen molar-refractivity contribution in [1.29, 1.82) is 0 Å². The van der Waals surface area contributed by atoms with Gasteiger partial charge in [0, 0.05) is 44.1 Å². The smallest absolute Gasteiger partial charge is 0.274 e. The molecule has 9 heteroatoms. The zero-order valence-corrected chi connectivity index (χ0v) is 30.3. The van der Waals surface area contributed by atoms with E-state index in [0.29, 0.717) is 54.3 Å². The summed E-state index contributed by atoms with van der Waals surface area (Å²) in [7, 11) is 0. The summed E-state index contributed by atoms with van der Waals surface area (Å²) in [5.74, 6) is -1.24. The summed E-state index contributed by atoms with van der Waals surface area (Å²) in [5.41, 5.74) is 5.32. The minimum atomic E-state index is -0.606. The van der Waals surface area contributed by atoms with Crippen LogP contribution in [0.2, 0.25) is 0 Å². The standard InChI is InChI=1S/C42H50N4O5/c1-5-7-20-44(21-8-6-2)42(51)38-22-29(3)46(43-38)39-19-18-31(25-40(49)36(23-30(4)48)32-14-10-9-11-15-32)24-37(39)41(50)45-27-34-17-13-12-16-33(34)26-35(45)28-47/h9-19,22,24,35-36,47H,5-8,20-21,23,25-28H2,1-4H3/t35-,36?/m0/s1. The van der Waals surface area contributed by atoms with E-state index < -0.39 is 12.0 Å². The Bertz CT molecular complexity index is 1840. The number of hydrogen-bond acceptors (Lipinski definition) is 6. The first-order chi connectivity index (χ1) is 24.6. The quantitative estimate of drug-likeness (QED) is 0.141. The number of aromatic nitrogens is 2. The first kappa shape index (κ1) is 37.4. The van der Waals surface area contributed by atoms with Crippen LogP contribution in [0.4, 0.5) is 0 Å². The lowest BCUT2D eigenvalue weighted by atomic mass is 9.87. The number of carbonyl (C=O) groups excluding carboxylic acids is 4. The van der Waals surface area contributed by atoms with E-state index in [9.17, 15) is 24.3 Å². The zero-order valence-electron chi connectivity index (χ0n) is 30.3. The molecule has 9 nitrogen and oxygen atoms in total. The Kier molecular flexibility index (Phi) is 12.7. The monoisotopic (exact) mass is 690 g/mol. The van der Waals surface area contributed by atoms with Gasteiger partial charge in [-0.2, -0.15) is 5.10 Å². The van der Waals surface area contributed by atoms with Crippen LogP contribution in [0.15, 0.2) is 78.9 Å². The summed E-state index contributed by atoms with van der Waals surface area (Å²) in [6.07, 6.45) is 4.37. The number of aryl methyl sites for hydroxylation is 1. The second kappa shape index (κ2) is 17.4. The van der Waals surface area contributed by atoms with Crippen LogP contribution in [0, 0.1) is 6.92 Å². The second-order valence-corrected chi connectivity index (χ2v) is 13.7. The number of carbonyl (C=O) groups is 4. The Morgan fingerprint density at radius 3 is 2.22 bits per heavy atom. The van der Waals surface area contributed by atoms with Crippen molar-refractivity contribution < 1.29 is 24.3 Å². The Morgan fingerprint density at radius 1 is 0.902 bits per heavy atom. The summed E-state index contributed by atoms with van der Waals surface area (Å²) < 4.78 is 1.64. The minimum absolute atomic E-state index is 0.0192. The average Bonchev–Trinajstić information content (AvgIpc) is 3.53. The van der Waals surface area contributed by atoms with Gasteiger partial charge in [0.1, 0.15) is 11.6 Å². The molecule has 1 aromatic heterocycles. The minimum Gasteiger partial charge on any atom is -0.394 e. The third kappa shape index (κ3) is 8.89. The number of benzene rings is 3. The van der Waals surface area contributed by atoms with Crippen LogP contribution in [0.25, 0.3) is 5.69 Å². The first-order valence-corrected chi connectivity index (χ1v) is 18.2. The van der Waals surface area contributed by atoms with Gasteiger partial charge in [-0.3, -0.25) is 19.2 Å². The molecule has 0 aliphatic carbocycles. The molecule has 268 valence electrons. The first-order valence-electron chi connectivity index (χ1n) is 18.2. The van der Waals surface area contributed by atoms with Crippen LogP contribution in [-0.2, 0) is 29.0 Å². The molecule has 2 amide bonds. The molecule has 5 rings (SSSR count). The van der Waals surface area contributed by atoms with Gasteiger partial charge in [-0.25, -0.2) is 4.68 Å². The van der Waals surface area contributed by atoms with Crippen molar-refractivity contribution in [2.45, 2.75) is 91.1 Å². The van der Waals surface area contributed by atoms with Crippen LogP contribution in [0.3, 0.4) is 0 Å². The molecule has 4 aromatic rings. The average molecular weight is 691 g/mol. The number of amides is 2. The van der Waals surface area contributed by atoms with E-state index in [0.717, 1.165) is 42.4 Å². The number of Topliss-reactive ketones (excluding diaryl/α,β-unsaturated/α-hetero) is 2. The fourth-order valence-electron chi connectivity index (χ4n) is 6.90. The summed E-state index contributed by atoms with van der Waals surface area (Å²) in [6, 6.07) is 23.9. The summed E-state index contributed by atoms with van der Waals surface area (Å²) in [6.45, 7) is 8.97. The number of rotatable bonds is 16. The zero-order chi connectivity index (χ0) is 36.5. The summed E-state index contributed by atoms with van der Waals surface area (Å²) >= 11 is 0. The van der Waals surface area contributed by atoms with Gasteiger partial charge < -0.3 is 14.9 Å². The Labute approximate surface area is 301 Å². The molecule has 0 fully saturated rings. The van der Waals surface area contributed by atoms with Gasteiger partial charge in [0.25, 0.3) is 11.8 Å². The number of nitrogens with zero attached hydrogens (tertiary/aromatic N) is 4. The van der Waals surface area contributed by atoms with Gasteiger partial charge in [0.2, 0.25) is 0 Å². The van der Waals surface area contributed by atoms with Gasteiger partial charge in [-0.05, 0) is 73.6 Å².